The maximum atomic E-state index is 12.2. The zero-order valence-electron chi connectivity index (χ0n) is 12.1. The summed E-state index contributed by atoms with van der Waals surface area (Å²) in [6.45, 7) is 3.78. The van der Waals surface area contributed by atoms with Gasteiger partial charge in [0.2, 0.25) is 10.0 Å². The van der Waals surface area contributed by atoms with E-state index in [1.807, 2.05) is 0 Å². The Balaban J connectivity index is 1.32. The fourth-order valence-corrected chi connectivity index (χ4v) is 5.67. The molecule has 21 heavy (non-hydrogen) atoms. The Morgan fingerprint density at radius 2 is 1.86 bits per heavy atom. The third-order valence-electron chi connectivity index (χ3n) is 4.52. The van der Waals surface area contributed by atoms with Gasteiger partial charge >= 0.3 is 0 Å². The fraction of sp³-hybridized carbons (Fsp3) is 0.786. The standard InChI is InChI=1S/C14H21N3O2S2/c18-21(19,13-3-4-13)17-7-5-16(6-8-17)9-12-10-20-14(15-12)11-1-2-11/h10-11,13H,1-9H2. The molecule has 2 heterocycles. The first-order valence-electron chi connectivity index (χ1n) is 7.78. The predicted molar refractivity (Wildman–Crippen MR) is 82.9 cm³/mol. The largest absolute Gasteiger partial charge is 0.295 e. The molecular weight excluding hydrogens is 306 g/mol. The molecule has 2 saturated carbocycles. The second-order valence-corrected chi connectivity index (χ2v) is 9.47. The van der Waals surface area contributed by atoms with Crippen molar-refractivity contribution in [2.24, 2.45) is 0 Å². The van der Waals surface area contributed by atoms with E-state index >= 15 is 0 Å². The lowest BCUT2D eigenvalue weighted by atomic mass is 10.3. The molecule has 0 bridgehead atoms. The SMILES string of the molecule is O=S(=O)(C1CC1)N1CCN(Cc2csc(C3CC3)n2)CC1. The highest BCUT2D eigenvalue weighted by atomic mass is 32.2. The van der Waals surface area contributed by atoms with Gasteiger partial charge in [-0.2, -0.15) is 4.31 Å². The predicted octanol–water partition coefficient (Wildman–Crippen LogP) is 1.63. The second kappa shape index (κ2) is 5.30. The van der Waals surface area contributed by atoms with E-state index in [2.05, 4.69) is 10.3 Å². The third kappa shape index (κ3) is 3.02. The molecule has 7 heteroatoms. The summed E-state index contributed by atoms with van der Waals surface area (Å²) in [6, 6.07) is 0. The van der Waals surface area contributed by atoms with Gasteiger partial charge in [0, 0.05) is 44.0 Å². The summed E-state index contributed by atoms with van der Waals surface area (Å²) in [4.78, 5) is 7.04. The van der Waals surface area contributed by atoms with Crippen LogP contribution in [-0.2, 0) is 16.6 Å². The topological polar surface area (TPSA) is 53.5 Å². The zero-order chi connectivity index (χ0) is 14.4. The lowest BCUT2D eigenvalue weighted by molar-refractivity contribution is 0.180. The summed E-state index contributed by atoms with van der Waals surface area (Å²) in [5, 5.41) is 3.38. The molecular formula is C14H21N3O2S2. The Morgan fingerprint density at radius 3 is 2.48 bits per heavy atom. The first kappa shape index (κ1) is 14.1. The number of rotatable bonds is 5. The smallest absolute Gasteiger partial charge is 0.217 e. The Morgan fingerprint density at radius 1 is 1.14 bits per heavy atom. The van der Waals surface area contributed by atoms with Gasteiger partial charge in [-0.15, -0.1) is 11.3 Å². The molecule has 3 aliphatic rings. The number of hydrogen-bond acceptors (Lipinski definition) is 5. The number of thiazole rings is 1. The van der Waals surface area contributed by atoms with Gasteiger partial charge in [0.1, 0.15) is 0 Å². The molecule has 1 saturated heterocycles. The summed E-state index contributed by atoms with van der Waals surface area (Å²) in [6.07, 6.45) is 4.30. The minimum absolute atomic E-state index is 0.0799. The van der Waals surface area contributed by atoms with Crippen LogP contribution in [0.5, 0.6) is 0 Å². The molecule has 2 aliphatic carbocycles. The number of hydrogen-bond donors (Lipinski definition) is 0. The Bertz CT molecular complexity index is 612. The highest BCUT2D eigenvalue weighted by Crippen LogP contribution is 2.41. The molecule has 4 rings (SSSR count). The molecule has 0 N–H and O–H groups in total. The minimum atomic E-state index is -2.99. The Hall–Kier alpha value is -0.500. The Labute approximate surface area is 130 Å². The van der Waals surface area contributed by atoms with Crippen LogP contribution < -0.4 is 0 Å². The van der Waals surface area contributed by atoms with Crippen LogP contribution in [0.2, 0.25) is 0 Å². The maximum absolute atomic E-state index is 12.2. The van der Waals surface area contributed by atoms with Crippen molar-refractivity contribution in [2.75, 3.05) is 26.2 Å². The van der Waals surface area contributed by atoms with Crippen LogP contribution in [0.3, 0.4) is 0 Å². The van der Waals surface area contributed by atoms with Crippen molar-refractivity contribution in [3.05, 3.63) is 16.1 Å². The molecule has 1 aliphatic heterocycles. The van der Waals surface area contributed by atoms with Crippen molar-refractivity contribution in [1.29, 1.82) is 0 Å². The van der Waals surface area contributed by atoms with E-state index in [1.165, 1.54) is 17.8 Å². The molecule has 1 aromatic rings. The van der Waals surface area contributed by atoms with Crippen LogP contribution in [-0.4, -0.2) is 54.0 Å². The summed E-state index contributed by atoms with van der Waals surface area (Å²) < 4.78 is 26.1. The van der Waals surface area contributed by atoms with Crippen molar-refractivity contribution >= 4 is 21.4 Å². The highest BCUT2D eigenvalue weighted by molar-refractivity contribution is 7.90. The van der Waals surface area contributed by atoms with E-state index < -0.39 is 10.0 Å². The normalized spacial score (nSPS) is 25.3. The molecule has 0 amide bonds. The van der Waals surface area contributed by atoms with Crippen molar-refractivity contribution in [3.63, 3.8) is 0 Å². The summed E-state index contributed by atoms with van der Waals surface area (Å²) in [7, 11) is -2.99. The first-order valence-corrected chi connectivity index (χ1v) is 10.2. The number of sulfonamides is 1. The van der Waals surface area contributed by atoms with E-state index in [-0.39, 0.29) is 5.25 Å². The number of nitrogens with zero attached hydrogens (tertiary/aromatic N) is 3. The number of piperazine rings is 1. The average Bonchev–Trinajstić information content (AvgIpc) is 3.38. The second-order valence-electron chi connectivity index (χ2n) is 6.37. The van der Waals surface area contributed by atoms with Gasteiger partial charge in [-0.05, 0) is 25.7 Å². The lowest BCUT2D eigenvalue weighted by Gasteiger charge is -2.33. The molecule has 0 unspecified atom stereocenters. The summed E-state index contributed by atoms with van der Waals surface area (Å²) >= 11 is 1.78. The van der Waals surface area contributed by atoms with Crippen molar-refractivity contribution < 1.29 is 8.42 Å². The molecule has 0 aromatic carbocycles. The molecule has 116 valence electrons. The van der Waals surface area contributed by atoms with Crippen molar-refractivity contribution in [2.45, 2.75) is 43.4 Å². The third-order valence-corrected chi connectivity index (χ3v) is 7.97. The average molecular weight is 327 g/mol. The van der Waals surface area contributed by atoms with Gasteiger partial charge < -0.3 is 0 Å². The van der Waals surface area contributed by atoms with Gasteiger partial charge in [0.25, 0.3) is 0 Å². The van der Waals surface area contributed by atoms with Crippen LogP contribution in [0.25, 0.3) is 0 Å². The van der Waals surface area contributed by atoms with Crippen molar-refractivity contribution in [1.82, 2.24) is 14.2 Å². The van der Waals surface area contributed by atoms with Crippen LogP contribution in [0.4, 0.5) is 0 Å². The summed E-state index contributed by atoms with van der Waals surface area (Å²) in [5.41, 5.74) is 1.15. The van der Waals surface area contributed by atoms with E-state index in [9.17, 15) is 8.42 Å². The molecule has 1 aromatic heterocycles. The molecule has 0 radical (unpaired) electrons. The van der Waals surface area contributed by atoms with Gasteiger partial charge in [-0.25, -0.2) is 13.4 Å². The lowest BCUT2D eigenvalue weighted by Crippen LogP contribution is -2.49. The van der Waals surface area contributed by atoms with Gasteiger partial charge in [0.05, 0.1) is 16.0 Å². The van der Waals surface area contributed by atoms with E-state index in [0.29, 0.717) is 13.1 Å². The van der Waals surface area contributed by atoms with E-state index in [1.54, 1.807) is 15.6 Å². The Kier molecular flexibility index (Phi) is 3.56. The van der Waals surface area contributed by atoms with Crippen LogP contribution in [0.1, 0.15) is 42.3 Å². The van der Waals surface area contributed by atoms with Gasteiger partial charge in [0.15, 0.2) is 0 Å². The van der Waals surface area contributed by atoms with Crippen LogP contribution >= 0.6 is 11.3 Å². The van der Waals surface area contributed by atoms with Gasteiger partial charge in [-0.3, -0.25) is 4.90 Å². The fourth-order valence-electron chi connectivity index (χ4n) is 2.86. The van der Waals surface area contributed by atoms with Gasteiger partial charge in [-0.1, -0.05) is 0 Å². The molecule has 5 nitrogen and oxygen atoms in total. The monoisotopic (exact) mass is 327 g/mol. The highest BCUT2D eigenvalue weighted by Gasteiger charge is 2.40. The molecule has 0 spiro atoms. The van der Waals surface area contributed by atoms with Crippen LogP contribution in [0.15, 0.2) is 5.38 Å². The zero-order valence-corrected chi connectivity index (χ0v) is 13.7. The van der Waals surface area contributed by atoms with Crippen LogP contribution in [0, 0.1) is 0 Å². The molecule has 0 atom stereocenters. The van der Waals surface area contributed by atoms with E-state index in [4.69, 9.17) is 4.98 Å². The maximum Gasteiger partial charge on any atom is 0.217 e. The number of aromatic nitrogens is 1. The summed E-state index contributed by atoms with van der Waals surface area (Å²) in [5.74, 6) is 0.726. The van der Waals surface area contributed by atoms with E-state index in [0.717, 1.165) is 44.1 Å². The first-order chi connectivity index (χ1) is 10.1. The van der Waals surface area contributed by atoms with Crippen molar-refractivity contribution in [3.8, 4) is 0 Å². The molecule has 3 fully saturated rings. The quantitative estimate of drug-likeness (QED) is 0.825. The minimum Gasteiger partial charge on any atom is -0.295 e.